The van der Waals surface area contributed by atoms with Crippen LogP contribution in [0.2, 0.25) is 0 Å². The van der Waals surface area contributed by atoms with E-state index >= 15 is 0 Å². The van der Waals surface area contributed by atoms with Gasteiger partial charge in [-0.2, -0.15) is 0 Å². The highest BCUT2D eigenvalue weighted by Gasteiger charge is 2.30. The molecule has 2 saturated carbocycles. The second-order valence-corrected chi connectivity index (χ2v) is 9.18. The molecule has 0 saturated heterocycles. The fourth-order valence-corrected chi connectivity index (χ4v) is 7.96. The molecular weight excluding hydrogens is 247 g/mol. The molecule has 0 atom stereocenters. The predicted molar refractivity (Wildman–Crippen MR) is 80.9 cm³/mol. The Morgan fingerprint density at radius 2 is 1.24 bits per heavy atom. The van der Waals surface area contributed by atoms with Gasteiger partial charge in [0.05, 0.1) is 0 Å². The summed E-state index contributed by atoms with van der Waals surface area (Å²) in [5.74, 6) is 0.887. The minimum absolute atomic E-state index is 0.313. The van der Waals surface area contributed by atoms with E-state index in [4.69, 9.17) is 11.6 Å². The van der Waals surface area contributed by atoms with Gasteiger partial charge in [0.1, 0.15) is 0 Å². The summed E-state index contributed by atoms with van der Waals surface area (Å²) in [4.78, 5) is 0. The maximum absolute atomic E-state index is 5.93. The molecule has 0 bridgehead atoms. The summed E-state index contributed by atoms with van der Waals surface area (Å²) in [5.41, 5.74) is 2.23. The largest absolute Gasteiger partial charge is 0.127 e. The third-order valence-electron chi connectivity index (χ3n) is 4.64. The van der Waals surface area contributed by atoms with E-state index in [1.807, 2.05) is 0 Å². The average Bonchev–Trinajstić information content (AvgIpc) is 2.42. The van der Waals surface area contributed by atoms with E-state index in [9.17, 15) is 0 Å². The third-order valence-corrected chi connectivity index (χ3v) is 8.65. The van der Waals surface area contributed by atoms with Gasteiger partial charge in [-0.15, -0.1) is 19.5 Å². The van der Waals surface area contributed by atoms with Crippen molar-refractivity contribution in [2.24, 2.45) is 0 Å². The Morgan fingerprint density at radius 3 is 1.65 bits per heavy atom. The smallest absolute Gasteiger partial charge is 0.0226 e. The van der Waals surface area contributed by atoms with Crippen molar-refractivity contribution in [2.75, 3.05) is 12.0 Å². The molecule has 0 aromatic heterocycles. The van der Waals surface area contributed by atoms with Crippen molar-refractivity contribution < 1.29 is 0 Å². The molecule has 2 fully saturated rings. The van der Waals surface area contributed by atoms with Gasteiger partial charge >= 0.3 is 0 Å². The molecule has 0 amide bonds. The average molecular weight is 275 g/mol. The van der Waals surface area contributed by atoms with Gasteiger partial charge in [0.25, 0.3) is 0 Å². The van der Waals surface area contributed by atoms with E-state index in [2.05, 4.69) is 0 Å². The molecule has 0 aliphatic heterocycles. The molecule has 17 heavy (non-hydrogen) atoms. The highest BCUT2D eigenvalue weighted by molar-refractivity contribution is 7.59. The highest BCUT2D eigenvalue weighted by atomic mass is 35.5. The molecule has 0 radical (unpaired) electrons. The molecule has 2 rings (SSSR count). The minimum Gasteiger partial charge on any atom is -0.127 e. The Bertz CT molecular complexity index is 177. The molecule has 0 heterocycles. The summed E-state index contributed by atoms with van der Waals surface area (Å²) in [6.45, 7) is 0. The van der Waals surface area contributed by atoms with Gasteiger partial charge in [-0.1, -0.05) is 38.5 Å². The zero-order valence-corrected chi connectivity index (χ0v) is 12.8. The van der Waals surface area contributed by atoms with Gasteiger partial charge in [0.15, 0.2) is 0 Å². The Balaban J connectivity index is 1.90. The molecule has 100 valence electrons. The number of alkyl halides is 1. The predicted octanol–water partition coefficient (Wildman–Crippen LogP) is 5.76. The van der Waals surface area contributed by atoms with Crippen LogP contribution in [-0.2, 0) is 0 Å². The van der Waals surface area contributed by atoms with Crippen LogP contribution in [0.5, 0.6) is 0 Å². The summed E-state index contributed by atoms with van der Waals surface area (Å²) in [5, 5.41) is 0. The lowest BCUT2D eigenvalue weighted by Crippen LogP contribution is -2.22. The molecule has 2 aliphatic rings. The lowest BCUT2D eigenvalue weighted by molar-refractivity contribution is 0.484. The van der Waals surface area contributed by atoms with Crippen molar-refractivity contribution in [2.45, 2.75) is 81.9 Å². The Morgan fingerprint density at radius 1 is 0.765 bits per heavy atom. The van der Waals surface area contributed by atoms with Crippen LogP contribution in [0.4, 0.5) is 0 Å². The van der Waals surface area contributed by atoms with Crippen LogP contribution in [0, 0.1) is 0 Å². The number of hydrogen-bond acceptors (Lipinski definition) is 0. The van der Waals surface area contributed by atoms with Crippen LogP contribution >= 0.6 is 19.5 Å². The van der Waals surface area contributed by atoms with Crippen LogP contribution in [0.25, 0.3) is 0 Å². The zero-order chi connectivity index (χ0) is 11.9. The van der Waals surface area contributed by atoms with Gasteiger partial charge in [-0.05, 0) is 49.6 Å². The van der Waals surface area contributed by atoms with E-state index < -0.39 is 0 Å². The normalized spacial score (nSPS) is 24.4. The van der Waals surface area contributed by atoms with Gasteiger partial charge in [-0.25, -0.2) is 0 Å². The maximum atomic E-state index is 5.93. The minimum atomic E-state index is 0.313. The molecule has 0 unspecified atom stereocenters. The number of rotatable bonds is 5. The monoisotopic (exact) mass is 274 g/mol. The first-order valence-corrected chi connectivity index (χ1v) is 9.93. The first-order chi connectivity index (χ1) is 8.42. The van der Waals surface area contributed by atoms with Gasteiger partial charge in [0.2, 0.25) is 0 Å². The zero-order valence-electron chi connectivity index (χ0n) is 11.2. The van der Waals surface area contributed by atoms with Crippen LogP contribution in [0.1, 0.15) is 70.6 Å². The lowest BCUT2D eigenvalue weighted by atomic mass is 9.99. The number of hydrogen-bond donors (Lipinski definition) is 0. The fraction of sp³-hybridized carbons (Fsp3) is 1.00. The molecule has 0 aromatic rings. The molecule has 2 aliphatic carbocycles. The quantitative estimate of drug-likeness (QED) is 0.441. The van der Waals surface area contributed by atoms with Gasteiger partial charge in [-0.3, -0.25) is 0 Å². The standard InChI is InChI=1S/C15H28ClP/c16-12-7-13-17(14-8-3-1-4-9-14)15-10-5-2-6-11-15/h14-15H,1-13H2. The van der Waals surface area contributed by atoms with E-state index in [0.717, 1.165) is 17.2 Å². The van der Waals surface area contributed by atoms with E-state index in [1.54, 1.807) is 25.7 Å². The van der Waals surface area contributed by atoms with Crippen molar-refractivity contribution in [3.63, 3.8) is 0 Å². The molecule has 0 nitrogen and oxygen atoms in total. The van der Waals surface area contributed by atoms with Crippen LogP contribution in [-0.4, -0.2) is 23.4 Å². The van der Waals surface area contributed by atoms with E-state index in [0.29, 0.717) is 7.92 Å². The van der Waals surface area contributed by atoms with Gasteiger partial charge in [0, 0.05) is 5.88 Å². The highest BCUT2D eigenvalue weighted by Crippen LogP contribution is 2.55. The lowest BCUT2D eigenvalue weighted by Gasteiger charge is -2.38. The van der Waals surface area contributed by atoms with Gasteiger partial charge < -0.3 is 0 Å². The Labute approximate surface area is 114 Å². The maximum Gasteiger partial charge on any atom is 0.0226 e. The summed E-state index contributed by atoms with van der Waals surface area (Å²) in [6, 6.07) is 0. The van der Waals surface area contributed by atoms with E-state index in [1.165, 1.54) is 51.1 Å². The fourth-order valence-electron chi connectivity index (χ4n) is 3.73. The summed E-state index contributed by atoms with van der Waals surface area (Å²) >= 11 is 5.93. The van der Waals surface area contributed by atoms with Crippen molar-refractivity contribution in [1.29, 1.82) is 0 Å². The first kappa shape index (κ1) is 14.1. The second kappa shape index (κ2) is 8.00. The molecule has 0 spiro atoms. The summed E-state index contributed by atoms with van der Waals surface area (Å²) in [7, 11) is 0.313. The first-order valence-electron chi connectivity index (χ1n) is 7.73. The van der Waals surface area contributed by atoms with E-state index in [-0.39, 0.29) is 0 Å². The van der Waals surface area contributed by atoms with Crippen molar-refractivity contribution in [3.05, 3.63) is 0 Å². The molecule has 0 aromatic carbocycles. The molecule has 0 N–H and O–H groups in total. The van der Waals surface area contributed by atoms with Crippen molar-refractivity contribution >= 4 is 19.5 Å². The molecular formula is C15H28ClP. The summed E-state index contributed by atoms with van der Waals surface area (Å²) in [6.07, 6.45) is 18.0. The van der Waals surface area contributed by atoms with Crippen LogP contribution < -0.4 is 0 Å². The molecule has 2 heteroatoms. The topological polar surface area (TPSA) is 0 Å². The van der Waals surface area contributed by atoms with Crippen molar-refractivity contribution in [3.8, 4) is 0 Å². The second-order valence-electron chi connectivity index (χ2n) is 5.86. The Kier molecular flexibility index (Phi) is 6.66. The van der Waals surface area contributed by atoms with Crippen LogP contribution in [0.15, 0.2) is 0 Å². The van der Waals surface area contributed by atoms with Crippen molar-refractivity contribution in [1.82, 2.24) is 0 Å². The summed E-state index contributed by atoms with van der Waals surface area (Å²) < 4.78 is 0. The number of halogens is 1. The third kappa shape index (κ3) is 4.39. The SMILES string of the molecule is ClCCCP(C1CCCCC1)C1CCCCC1. The Hall–Kier alpha value is 0.720. The van der Waals surface area contributed by atoms with Crippen LogP contribution in [0.3, 0.4) is 0 Å².